The molecule has 0 spiro atoms. The summed E-state index contributed by atoms with van der Waals surface area (Å²) >= 11 is 0. The van der Waals surface area contributed by atoms with Crippen molar-refractivity contribution < 1.29 is 27.9 Å². The number of primary amides is 1. The van der Waals surface area contributed by atoms with Gasteiger partial charge < -0.3 is 15.6 Å². The second-order valence-corrected chi connectivity index (χ2v) is 5.89. The fraction of sp³-hybridized carbons (Fsp3) is 0.333. The highest BCUT2D eigenvalue weighted by Crippen LogP contribution is 2.18. The lowest BCUT2D eigenvalue weighted by molar-refractivity contribution is -0.122. The maximum Gasteiger partial charge on any atom is 0.335 e. The summed E-state index contributed by atoms with van der Waals surface area (Å²) in [5.74, 6) is -1.85. The van der Waals surface area contributed by atoms with Crippen LogP contribution in [0.1, 0.15) is 15.9 Å². The SMILES string of the molecule is Cc1c(C(=O)O)cccc1S(=O)(=O)NCCOCC(N)=O. The number of hydrogen-bond acceptors (Lipinski definition) is 5. The van der Waals surface area contributed by atoms with Crippen molar-refractivity contribution in [3.8, 4) is 0 Å². The first-order valence-electron chi connectivity index (χ1n) is 5.94. The van der Waals surface area contributed by atoms with E-state index in [-0.39, 0.29) is 35.8 Å². The van der Waals surface area contributed by atoms with Crippen molar-refractivity contribution in [2.45, 2.75) is 11.8 Å². The molecule has 1 rings (SSSR count). The molecule has 0 aliphatic rings. The van der Waals surface area contributed by atoms with E-state index in [1.807, 2.05) is 0 Å². The molecule has 0 saturated carbocycles. The molecule has 1 aromatic carbocycles. The number of ether oxygens (including phenoxy) is 1. The molecule has 0 saturated heterocycles. The maximum absolute atomic E-state index is 12.1. The highest BCUT2D eigenvalue weighted by molar-refractivity contribution is 7.89. The topological polar surface area (TPSA) is 136 Å². The molecule has 0 atom stereocenters. The lowest BCUT2D eigenvalue weighted by Crippen LogP contribution is -2.29. The molecule has 0 unspecified atom stereocenters. The minimum absolute atomic E-state index is 0.0279. The van der Waals surface area contributed by atoms with Gasteiger partial charge in [0.05, 0.1) is 17.1 Å². The van der Waals surface area contributed by atoms with Crippen LogP contribution < -0.4 is 10.5 Å². The summed E-state index contributed by atoms with van der Waals surface area (Å²) in [5.41, 5.74) is 4.93. The molecular weight excluding hydrogens is 300 g/mol. The van der Waals surface area contributed by atoms with E-state index in [9.17, 15) is 18.0 Å². The van der Waals surface area contributed by atoms with Crippen LogP contribution in [0.5, 0.6) is 0 Å². The number of rotatable bonds is 8. The van der Waals surface area contributed by atoms with E-state index < -0.39 is 21.9 Å². The number of carboxylic acid groups (broad SMARTS) is 1. The third kappa shape index (κ3) is 4.81. The summed E-state index contributed by atoms with van der Waals surface area (Å²) in [7, 11) is -3.86. The van der Waals surface area contributed by atoms with Gasteiger partial charge in [0.25, 0.3) is 0 Å². The van der Waals surface area contributed by atoms with E-state index in [2.05, 4.69) is 4.72 Å². The molecule has 0 fully saturated rings. The minimum Gasteiger partial charge on any atom is -0.478 e. The van der Waals surface area contributed by atoms with Crippen molar-refractivity contribution in [2.24, 2.45) is 5.73 Å². The maximum atomic E-state index is 12.1. The Morgan fingerprint density at radius 1 is 1.38 bits per heavy atom. The lowest BCUT2D eigenvalue weighted by atomic mass is 10.1. The van der Waals surface area contributed by atoms with Gasteiger partial charge in [-0.25, -0.2) is 17.9 Å². The molecule has 0 aliphatic heterocycles. The van der Waals surface area contributed by atoms with Crippen LogP contribution in [0.4, 0.5) is 0 Å². The molecule has 9 heteroatoms. The largest absolute Gasteiger partial charge is 0.478 e. The zero-order valence-corrected chi connectivity index (χ0v) is 12.1. The van der Waals surface area contributed by atoms with Crippen LogP contribution in [-0.4, -0.2) is 45.2 Å². The Hall–Kier alpha value is -1.97. The van der Waals surface area contributed by atoms with Crippen LogP contribution in [0.3, 0.4) is 0 Å². The number of carbonyl (C=O) groups is 2. The van der Waals surface area contributed by atoms with E-state index in [4.69, 9.17) is 15.6 Å². The summed E-state index contributed by atoms with van der Waals surface area (Å²) in [6, 6.07) is 4.00. The lowest BCUT2D eigenvalue weighted by Gasteiger charge is -2.11. The monoisotopic (exact) mass is 316 g/mol. The minimum atomic E-state index is -3.86. The predicted molar refractivity (Wildman–Crippen MR) is 73.3 cm³/mol. The Morgan fingerprint density at radius 2 is 2.05 bits per heavy atom. The van der Waals surface area contributed by atoms with E-state index in [1.165, 1.54) is 25.1 Å². The Balaban J connectivity index is 2.77. The molecule has 116 valence electrons. The molecule has 1 amide bonds. The van der Waals surface area contributed by atoms with Gasteiger partial charge in [-0.15, -0.1) is 0 Å². The molecule has 0 bridgehead atoms. The van der Waals surface area contributed by atoms with Crippen molar-refractivity contribution in [2.75, 3.05) is 19.8 Å². The molecule has 8 nitrogen and oxygen atoms in total. The average molecular weight is 316 g/mol. The third-order valence-electron chi connectivity index (χ3n) is 2.59. The number of carbonyl (C=O) groups excluding carboxylic acids is 1. The third-order valence-corrected chi connectivity index (χ3v) is 4.19. The fourth-order valence-corrected chi connectivity index (χ4v) is 2.91. The zero-order chi connectivity index (χ0) is 16.0. The average Bonchev–Trinajstić information content (AvgIpc) is 2.37. The van der Waals surface area contributed by atoms with E-state index in [0.29, 0.717) is 0 Å². The zero-order valence-electron chi connectivity index (χ0n) is 11.3. The summed E-state index contributed by atoms with van der Waals surface area (Å²) in [6.07, 6.45) is 0. The van der Waals surface area contributed by atoms with Gasteiger partial charge in [-0.05, 0) is 24.6 Å². The van der Waals surface area contributed by atoms with E-state index in [0.717, 1.165) is 0 Å². The number of nitrogens with one attached hydrogen (secondary N) is 1. The highest BCUT2D eigenvalue weighted by atomic mass is 32.2. The van der Waals surface area contributed by atoms with Crippen LogP contribution in [0.25, 0.3) is 0 Å². The molecule has 0 heterocycles. The van der Waals surface area contributed by atoms with Gasteiger partial charge in [-0.1, -0.05) is 6.07 Å². The summed E-state index contributed by atoms with van der Waals surface area (Å²) in [6.45, 7) is 1.03. The number of benzene rings is 1. The van der Waals surface area contributed by atoms with Crippen LogP contribution in [0, 0.1) is 6.92 Å². The highest BCUT2D eigenvalue weighted by Gasteiger charge is 2.20. The number of hydrogen-bond donors (Lipinski definition) is 3. The van der Waals surface area contributed by atoms with Crippen molar-refractivity contribution >= 4 is 21.9 Å². The van der Waals surface area contributed by atoms with Gasteiger partial charge in [0.15, 0.2) is 0 Å². The molecule has 1 aromatic rings. The van der Waals surface area contributed by atoms with E-state index in [1.54, 1.807) is 0 Å². The molecule has 0 radical (unpaired) electrons. The molecule has 0 aliphatic carbocycles. The van der Waals surface area contributed by atoms with Crippen LogP contribution in [-0.2, 0) is 19.6 Å². The number of aromatic carboxylic acids is 1. The Bertz CT molecular complexity index is 641. The van der Waals surface area contributed by atoms with Gasteiger partial charge in [0.1, 0.15) is 6.61 Å². The second kappa shape index (κ2) is 7.16. The van der Waals surface area contributed by atoms with Gasteiger partial charge in [-0.2, -0.15) is 0 Å². The molecule has 0 aromatic heterocycles. The van der Waals surface area contributed by atoms with Crippen LogP contribution in [0.15, 0.2) is 23.1 Å². The summed E-state index contributed by atoms with van der Waals surface area (Å²) in [4.78, 5) is 21.3. The van der Waals surface area contributed by atoms with Gasteiger partial charge in [-0.3, -0.25) is 4.79 Å². The standard InChI is InChI=1S/C12H16N2O6S/c1-8-9(12(16)17)3-2-4-10(8)21(18,19)14-5-6-20-7-11(13)15/h2-4,14H,5-7H2,1H3,(H2,13,15)(H,16,17). The quantitative estimate of drug-likeness (QED) is 0.552. The molecule has 21 heavy (non-hydrogen) atoms. The van der Waals surface area contributed by atoms with Crippen molar-refractivity contribution in [3.05, 3.63) is 29.3 Å². The summed E-state index contributed by atoms with van der Waals surface area (Å²) in [5, 5.41) is 8.97. The van der Waals surface area contributed by atoms with E-state index >= 15 is 0 Å². The van der Waals surface area contributed by atoms with Crippen LogP contribution >= 0.6 is 0 Å². The number of amides is 1. The van der Waals surface area contributed by atoms with Crippen molar-refractivity contribution in [1.82, 2.24) is 4.72 Å². The van der Waals surface area contributed by atoms with Crippen LogP contribution in [0.2, 0.25) is 0 Å². The second-order valence-electron chi connectivity index (χ2n) is 4.15. The molecular formula is C12H16N2O6S. The smallest absolute Gasteiger partial charge is 0.335 e. The first kappa shape index (κ1) is 17.1. The van der Waals surface area contributed by atoms with Crippen molar-refractivity contribution in [1.29, 1.82) is 0 Å². The predicted octanol–water partition coefficient (Wildman–Crippen LogP) is -0.527. The normalized spacial score (nSPS) is 11.3. The molecule has 4 N–H and O–H groups in total. The Kier molecular flexibility index (Phi) is 5.82. The number of sulfonamides is 1. The first-order chi connectivity index (χ1) is 9.75. The van der Waals surface area contributed by atoms with Gasteiger partial charge in [0.2, 0.25) is 15.9 Å². The first-order valence-corrected chi connectivity index (χ1v) is 7.42. The fourth-order valence-electron chi connectivity index (χ4n) is 1.64. The van der Waals surface area contributed by atoms with Crippen molar-refractivity contribution in [3.63, 3.8) is 0 Å². The Labute approximate surface area is 122 Å². The number of nitrogens with two attached hydrogens (primary N) is 1. The number of carboxylic acids is 1. The Morgan fingerprint density at radius 3 is 2.62 bits per heavy atom. The summed E-state index contributed by atoms with van der Waals surface area (Å²) < 4.78 is 31.2. The van der Waals surface area contributed by atoms with Gasteiger partial charge >= 0.3 is 5.97 Å². The van der Waals surface area contributed by atoms with Gasteiger partial charge in [0, 0.05) is 6.54 Å².